The number of hydrogen-bond acceptors (Lipinski definition) is 6. The number of benzene rings is 2. The van der Waals surface area contributed by atoms with Crippen LogP contribution in [0.2, 0.25) is 0 Å². The molecule has 0 amide bonds. The van der Waals surface area contributed by atoms with E-state index in [0.29, 0.717) is 10.3 Å². The largest absolute Gasteiger partial charge is 0.453 e. The van der Waals surface area contributed by atoms with Crippen LogP contribution in [-0.2, 0) is 16.2 Å². The first kappa shape index (κ1) is 22.0. The zero-order valence-electron chi connectivity index (χ0n) is 16.9. The highest BCUT2D eigenvalue weighted by Crippen LogP contribution is 2.29. The third kappa shape index (κ3) is 4.04. The van der Waals surface area contributed by atoms with Crippen LogP contribution >= 0.6 is 15.9 Å². The molecule has 0 N–H and O–H groups in total. The summed E-state index contributed by atoms with van der Waals surface area (Å²) in [6, 6.07) is 13.5. The molecular weight excluding hydrogens is 525 g/mol. The lowest BCUT2D eigenvalue weighted by Gasteiger charge is -2.34. The highest BCUT2D eigenvalue weighted by atomic mass is 79.9. The van der Waals surface area contributed by atoms with Gasteiger partial charge in [0.2, 0.25) is 10.0 Å². The van der Waals surface area contributed by atoms with Gasteiger partial charge in [-0.3, -0.25) is 0 Å². The number of alkyl halides is 3. The van der Waals surface area contributed by atoms with E-state index in [2.05, 4.69) is 31.2 Å². The van der Waals surface area contributed by atoms with Crippen molar-refractivity contribution in [3.8, 4) is 0 Å². The first-order valence-corrected chi connectivity index (χ1v) is 12.1. The number of fused-ring (bicyclic) bond motifs is 2. The fourth-order valence-corrected chi connectivity index (χ4v) is 5.62. The maximum atomic E-state index is 13.2. The minimum atomic E-state index is -4.69. The van der Waals surface area contributed by atoms with Gasteiger partial charge in [-0.05, 0) is 47.2 Å². The zero-order valence-corrected chi connectivity index (χ0v) is 19.3. The highest BCUT2D eigenvalue weighted by Gasteiger charge is 2.38. The molecule has 1 aliphatic rings. The molecule has 8 nitrogen and oxygen atoms in total. The fraction of sp³-hybridized carbons (Fsp3) is 0.250. The summed E-state index contributed by atoms with van der Waals surface area (Å²) in [5.74, 6) is -0.912. The van der Waals surface area contributed by atoms with E-state index >= 15 is 0 Å². The minimum Gasteiger partial charge on any atom is -0.353 e. The SMILES string of the molecule is O=S(=O)(c1ccc2cc(Br)ccc2c1)N1CCN(c2ccc3nnc(C(F)(F)F)n3n2)CC1. The van der Waals surface area contributed by atoms with Crippen LogP contribution in [0.25, 0.3) is 16.4 Å². The second kappa shape index (κ2) is 7.92. The number of rotatable bonds is 3. The van der Waals surface area contributed by atoms with Gasteiger partial charge in [-0.1, -0.05) is 28.1 Å². The van der Waals surface area contributed by atoms with Crippen molar-refractivity contribution in [1.29, 1.82) is 0 Å². The molecule has 0 saturated carbocycles. The van der Waals surface area contributed by atoms with Crippen molar-refractivity contribution in [2.75, 3.05) is 31.1 Å². The van der Waals surface area contributed by atoms with Crippen LogP contribution in [-0.4, -0.2) is 58.7 Å². The van der Waals surface area contributed by atoms with Crippen LogP contribution < -0.4 is 4.90 Å². The number of nitrogens with zero attached hydrogens (tertiary/aromatic N) is 6. The molecule has 172 valence electrons. The van der Waals surface area contributed by atoms with Gasteiger partial charge in [0.05, 0.1) is 4.90 Å². The predicted octanol–water partition coefficient (Wildman–Crippen LogP) is 3.57. The summed E-state index contributed by atoms with van der Waals surface area (Å²) in [5, 5.41) is 12.4. The molecule has 33 heavy (non-hydrogen) atoms. The van der Waals surface area contributed by atoms with E-state index in [0.717, 1.165) is 15.2 Å². The minimum absolute atomic E-state index is 0.0179. The Morgan fingerprint density at radius 1 is 0.879 bits per heavy atom. The third-order valence-corrected chi connectivity index (χ3v) is 7.86. The molecule has 0 radical (unpaired) electrons. The fourth-order valence-electron chi connectivity index (χ4n) is 3.79. The van der Waals surface area contributed by atoms with Crippen molar-refractivity contribution in [3.05, 3.63) is 58.8 Å². The standard InChI is InChI=1S/C20H16BrF3N6O2S/c21-15-3-1-14-12-16(4-2-13(14)11-15)33(31,32)29-9-7-28(8-10-29)18-6-5-17-25-26-19(20(22,23)24)30(17)27-18/h1-6,11-12H,7-10H2. The van der Waals surface area contributed by atoms with Crippen LogP contribution in [0.5, 0.6) is 0 Å². The van der Waals surface area contributed by atoms with Crippen LogP contribution in [0.4, 0.5) is 19.0 Å². The van der Waals surface area contributed by atoms with E-state index in [9.17, 15) is 21.6 Å². The number of piperazine rings is 1. The average molecular weight is 541 g/mol. The lowest BCUT2D eigenvalue weighted by atomic mass is 10.1. The van der Waals surface area contributed by atoms with E-state index in [4.69, 9.17) is 0 Å². The van der Waals surface area contributed by atoms with Crippen LogP contribution in [0, 0.1) is 0 Å². The molecule has 0 unspecified atom stereocenters. The highest BCUT2D eigenvalue weighted by molar-refractivity contribution is 9.10. The van der Waals surface area contributed by atoms with Crippen molar-refractivity contribution >= 4 is 48.2 Å². The molecular formula is C20H16BrF3N6O2S. The van der Waals surface area contributed by atoms with Gasteiger partial charge in [0.1, 0.15) is 5.82 Å². The summed E-state index contributed by atoms with van der Waals surface area (Å²) in [6.07, 6.45) is -4.69. The molecule has 0 bridgehead atoms. The molecule has 1 fully saturated rings. The number of halogens is 4. The summed E-state index contributed by atoms with van der Waals surface area (Å²) in [4.78, 5) is 1.94. The molecule has 5 rings (SSSR count). The van der Waals surface area contributed by atoms with Gasteiger partial charge in [0, 0.05) is 30.7 Å². The molecule has 0 spiro atoms. The second-order valence-electron chi connectivity index (χ2n) is 7.53. The Bertz CT molecular complexity index is 1470. The molecule has 2 aromatic heterocycles. The quantitative estimate of drug-likeness (QED) is 0.395. The van der Waals surface area contributed by atoms with Crippen LogP contribution in [0.1, 0.15) is 5.82 Å². The van der Waals surface area contributed by atoms with Gasteiger partial charge in [-0.25, -0.2) is 8.42 Å². The first-order chi connectivity index (χ1) is 15.6. The Balaban J connectivity index is 1.36. The van der Waals surface area contributed by atoms with E-state index in [-0.39, 0.29) is 36.7 Å². The van der Waals surface area contributed by atoms with Crippen molar-refractivity contribution in [2.45, 2.75) is 11.1 Å². The number of aromatic nitrogens is 4. The monoisotopic (exact) mass is 540 g/mol. The Morgan fingerprint density at radius 2 is 1.58 bits per heavy atom. The molecule has 4 aromatic rings. The molecule has 1 saturated heterocycles. The van der Waals surface area contributed by atoms with E-state index in [1.165, 1.54) is 10.4 Å². The van der Waals surface area contributed by atoms with Gasteiger partial charge in [0.15, 0.2) is 5.65 Å². The van der Waals surface area contributed by atoms with Crippen molar-refractivity contribution in [3.63, 3.8) is 0 Å². The zero-order chi connectivity index (χ0) is 23.4. The molecule has 1 aliphatic heterocycles. The number of anilines is 1. The van der Waals surface area contributed by atoms with Crippen molar-refractivity contribution < 1.29 is 21.6 Å². The molecule has 0 atom stereocenters. The summed E-state index contributed by atoms with van der Waals surface area (Å²) in [6.45, 7) is 0.910. The lowest BCUT2D eigenvalue weighted by molar-refractivity contribution is -0.146. The molecule has 13 heteroatoms. The number of hydrogen-bond donors (Lipinski definition) is 0. The van der Waals surface area contributed by atoms with Crippen molar-refractivity contribution in [1.82, 2.24) is 24.1 Å². The normalized spacial score (nSPS) is 16.1. The third-order valence-electron chi connectivity index (χ3n) is 5.48. The predicted molar refractivity (Wildman–Crippen MR) is 118 cm³/mol. The summed E-state index contributed by atoms with van der Waals surface area (Å²) in [5.41, 5.74) is -0.0179. The van der Waals surface area contributed by atoms with Gasteiger partial charge in [0.25, 0.3) is 5.82 Å². The average Bonchev–Trinajstić information content (AvgIpc) is 3.22. The first-order valence-electron chi connectivity index (χ1n) is 9.87. The number of sulfonamides is 1. The molecule has 0 aliphatic carbocycles. The van der Waals surface area contributed by atoms with Gasteiger partial charge in [-0.2, -0.15) is 22.0 Å². The van der Waals surface area contributed by atoms with Gasteiger partial charge >= 0.3 is 6.18 Å². The Hall–Kier alpha value is -2.77. The smallest absolute Gasteiger partial charge is 0.353 e. The van der Waals surface area contributed by atoms with E-state index in [1.807, 2.05) is 18.2 Å². The van der Waals surface area contributed by atoms with Crippen LogP contribution in [0.15, 0.2) is 57.9 Å². The maximum Gasteiger partial charge on any atom is 0.453 e. The summed E-state index contributed by atoms with van der Waals surface area (Å²) < 4.78 is 68.7. The Labute approximate surface area is 194 Å². The molecule has 2 aromatic carbocycles. The van der Waals surface area contributed by atoms with E-state index in [1.54, 1.807) is 29.2 Å². The Kier molecular flexibility index (Phi) is 5.29. The van der Waals surface area contributed by atoms with Crippen molar-refractivity contribution in [2.24, 2.45) is 0 Å². The lowest BCUT2D eigenvalue weighted by Crippen LogP contribution is -2.49. The summed E-state index contributed by atoms with van der Waals surface area (Å²) >= 11 is 3.40. The van der Waals surface area contributed by atoms with Gasteiger partial charge < -0.3 is 4.90 Å². The summed E-state index contributed by atoms with van der Waals surface area (Å²) in [7, 11) is -3.72. The van der Waals surface area contributed by atoms with Crippen LogP contribution in [0.3, 0.4) is 0 Å². The van der Waals surface area contributed by atoms with Gasteiger partial charge in [-0.15, -0.1) is 15.3 Å². The maximum absolute atomic E-state index is 13.2. The Morgan fingerprint density at radius 3 is 2.30 bits per heavy atom. The molecule has 3 heterocycles. The van der Waals surface area contributed by atoms with E-state index < -0.39 is 22.0 Å². The second-order valence-corrected chi connectivity index (χ2v) is 10.4. The topological polar surface area (TPSA) is 83.7 Å².